The predicted molar refractivity (Wildman–Crippen MR) is 104 cm³/mol. The van der Waals surface area contributed by atoms with Crippen molar-refractivity contribution in [2.75, 3.05) is 32.7 Å². The van der Waals surface area contributed by atoms with Crippen molar-refractivity contribution >= 4 is 11.9 Å². The van der Waals surface area contributed by atoms with E-state index in [2.05, 4.69) is 10.4 Å². The molecule has 0 spiro atoms. The van der Waals surface area contributed by atoms with Crippen molar-refractivity contribution in [2.24, 2.45) is 0 Å². The Morgan fingerprint density at radius 3 is 2.30 bits per heavy atom. The van der Waals surface area contributed by atoms with Crippen LogP contribution in [0.4, 0.5) is 4.79 Å². The first kappa shape index (κ1) is 18.9. The van der Waals surface area contributed by atoms with Gasteiger partial charge in [0.25, 0.3) is 0 Å². The molecule has 3 amide bonds. The number of hydrogen-bond donors (Lipinski definition) is 1. The van der Waals surface area contributed by atoms with E-state index in [1.54, 1.807) is 4.90 Å². The zero-order chi connectivity index (χ0) is 19.4. The smallest absolute Gasteiger partial charge is 0.317 e. The predicted octanol–water partition coefficient (Wildman–Crippen LogP) is 1.91. The number of aromatic nitrogens is 2. The van der Waals surface area contributed by atoms with Gasteiger partial charge in [-0.15, -0.1) is 0 Å². The number of carbonyl (C=O) groups is 2. The first-order chi connectivity index (χ1) is 13.0. The summed E-state index contributed by atoms with van der Waals surface area (Å²) in [5, 5.41) is 7.42. The fourth-order valence-corrected chi connectivity index (χ4v) is 3.44. The summed E-state index contributed by atoms with van der Waals surface area (Å²) in [5.74, 6) is 0.0874. The number of nitrogens with one attached hydrogen (secondary N) is 1. The van der Waals surface area contributed by atoms with Gasteiger partial charge < -0.3 is 15.1 Å². The Balaban J connectivity index is 1.65. The molecular formula is C20H27N5O2. The standard InChI is InChI=1S/C20H27N5O2/c1-4-21-20(27)24-12-10-23(11-13-24)19(26)14-18-15(2)22-25(16(18)3)17-8-6-5-7-9-17/h5-9H,4,10-14H2,1-3H3,(H,21,27). The largest absolute Gasteiger partial charge is 0.339 e. The van der Waals surface area contributed by atoms with Crippen LogP contribution >= 0.6 is 0 Å². The number of nitrogens with zero attached hydrogens (tertiary/aromatic N) is 4. The number of rotatable bonds is 4. The van der Waals surface area contributed by atoms with E-state index in [9.17, 15) is 9.59 Å². The summed E-state index contributed by atoms with van der Waals surface area (Å²) in [4.78, 5) is 28.3. The van der Waals surface area contributed by atoms with Crippen LogP contribution in [0.5, 0.6) is 0 Å². The Bertz CT molecular complexity index is 807. The average Bonchev–Trinajstić information content (AvgIpc) is 2.97. The molecule has 1 fully saturated rings. The normalized spacial score (nSPS) is 14.3. The minimum absolute atomic E-state index is 0.0552. The minimum atomic E-state index is -0.0552. The first-order valence-electron chi connectivity index (χ1n) is 9.42. The van der Waals surface area contributed by atoms with Crippen molar-refractivity contribution in [3.05, 3.63) is 47.3 Å². The second kappa shape index (κ2) is 8.24. The lowest BCUT2D eigenvalue weighted by molar-refractivity contribution is -0.131. The third-order valence-electron chi connectivity index (χ3n) is 5.02. The van der Waals surface area contributed by atoms with E-state index in [1.807, 2.05) is 60.7 Å². The molecule has 1 aliphatic rings. The molecule has 1 saturated heterocycles. The van der Waals surface area contributed by atoms with Gasteiger partial charge in [-0.1, -0.05) is 18.2 Å². The third kappa shape index (κ3) is 4.13. The van der Waals surface area contributed by atoms with Crippen LogP contribution in [0.25, 0.3) is 5.69 Å². The first-order valence-corrected chi connectivity index (χ1v) is 9.42. The SMILES string of the molecule is CCNC(=O)N1CCN(C(=O)Cc2c(C)nn(-c3ccccc3)c2C)CC1. The van der Waals surface area contributed by atoms with Gasteiger partial charge >= 0.3 is 6.03 Å². The summed E-state index contributed by atoms with van der Waals surface area (Å²) in [6.45, 7) is 8.74. The summed E-state index contributed by atoms with van der Waals surface area (Å²) < 4.78 is 1.89. The summed E-state index contributed by atoms with van der Waals surface area (Å²) >= 11 is 0. The van der Waals surface area contributed by atoms with Gasteiger partial charge in [-0.3, -0.25) is 4.79 Å². The molecule has 0 atom stereocenters. The van der Waals surface area contributed by atoms with Crippen LogP contribution in [0, 0.1) is 13.8 Å². The highest BCUT2D eigenvalue weighted by Gasteiger charge is 2.25. The van der Waals surface area contributed by atoms with Crippen LogP contribution < -0.4 is 5.32 Å². The maximum absolute atomic E-state index is 12.8. The molecular weight excluding hydrogens is 342 g/mol. The topological polar surface area (TPSA) is 70.5 Å². The highest BCUT2D eigenvalue weighted by Crippen LogP contribution is 2.19. The molecule has 1 aromatic carbocycles. The number of urea groups is 1. The van der Waals surface area contributed by atoms with Crippen molar-refractivity contribution in [1.29, 1.82) is 0 Å². The van der Waals surface area contributed by atoms with Crippen molar-refractivity contribution in [3.8, 4) is 5.69 Å². The van der Waals surface area contributed by atoms with E-state index >= 15 is 0 Å². The van der Waals surface area contributed by atoms with E-state index in [0.717, 1.165) is 22.6 Å². The Morgan fingerprint density at radius 2 is 1.67 bits per heavy atom. The number of para-hydroxylation sites is 1. The number of hydrogen-bond acceptors (Lipinski definition) is 3. The summed E-state index contributed by atoms with van der Waals surface area (Å²) in [6, 6.07) is 9.88. The van der Waals surface area contributed by atoms with Crippen LogP contribution in [0.3, 0.4) is 0 Å². The molecule has 1 N–H and O–H groups in total. The summed E-state index contributed by atoms with van der Waals surface area (Å²) in [6.07, 6.45) is 0.339. The average molecular weight is 369 g/mol. The van der Waals surface area contributed by atoms with E-state index in [1.165, 1.54) is 0 Å². The van der Waals surface area contributed by atoms with Crippen molar-refractivity contribution in [1.82, 2.24) is 24.9 Å². The minimum Gasteiger partial charge on any atom is -0.339 e. The quantitative estimate of drug-likeness (QED) is 0.895. The fourth-order valence-electron chi connectivity index (χ4n) is 3.44. The molecule has 3 rings (SSSR count). The number of piperazine rings is 1. The molecule has 27 heavy (non-hydrogen) atoms. The van der Waals surface area contributed by atoms with Gasteiger partial charge in [0, 0.05) is 44.0 Å². The van der Waals surface area contributed by atoms with Crippen molar-refractivity contribution in [2.45, 2.75) is 27.2 Å². The highest BCUT2D eigenvalue weighted by molar-refractivity contribution is 5.80. The van der Waals surface area contributed by atoms with E-state index in [-0.39, 0.29) is 11.9 Å². The molecule has 7 heteroatoms. The van der Waals surface area contributed by atoms with Crippen LogP contribution in [-0.4, -0.2) is 64.2 Å². The number of carbonyl (C=O) groups excluding carboxylic acids is 2. The molecule has 0 aliphatic carbocycles. The number of aryl methyl sites for hydroxylation is 1. The lowest BCUT2D eigenvalue weighted by atomic mass is 10.1. The second-order valence-electron chi connectivity index (χ2n) is 6.78. The number of benzene rings is 1. The molecule has 2 aromatic rings. The third-order valence-corrected chi connectivity index (χ3v) is 5.02. The van der Waals surface area contributed by atoms with Crippen molar-refractivity contribution in [3.63, 3.8) is 0 Å². The molecule has 1 aromatic heterocycles. The maximum atomic E-state index is 12.8. The monoisotopic (exact) mass is 369 g/mol. The fraction of sp³-hybridized carbons (Fsp3) is 0.450. The Labute approximate surface area is 159 Å². The maximum Gasteiger partial charge on any atom is 0.317 e. The van der Waals surface area contributed by atoms with Gasteiger partial charge in [-0.05, 0) is 32.9 Å². The zero-order valence-electron chi connectivity index (χ0n) is 16.2. The molecule has 2 heterocycles. The van der Waals surface area contributed by atoms with Gasteiger partial charge in [-0.25, -0.2) is 9.48 Å². The molecule has 0 radical (unpaired) electrons. The molecule has 0 unspecified atom stereocenters. The second-order valence-corrected chi connectivity index (χ2v) is 6.78. The van der Waals surface area contributed by atoms with Gasteiger partial charge in [-0.2, -0.15) is 5.10 Å². The van der Waals surface area contributed by atoms with Crippen LogP contribution in [0.1, 0.15) is 23.9 Å². The Kier molecular flexibility index (Phi) is 5.78. The summed E-state index contributed by atoms with van der Waals surface area (Å²) in [7, 11) is 0. The number of amides is 3. The zero-order valence-corrected chi connectivity index (χ0v) is 16.2. The highest BCUT2D eigenvalue weighted by atomic mass is 16.2. The Morgan fingerprint density at radius 1 is 1.04 bits per heavy atom. The van der Waals surface area contributed by atoms with Crippen molar-refractivity contribution < 1.29 is 9.59 Å². The van der Waals surface area contributed by atoms with Crippen LogP contribution in [0.2, 0.25) is 0 Å². The molecule has 0 saturated carbocycles. The van der Waals surface area contributed by atoms with Gasteiger partial charge in [0.1, 0.15) is 0 Å². The van der Waals surface area contributed by atoms with Crippen LogP contribution in [0.15, 0.2) is 30.3 Å². The van der Waals surface area contributed by atoms with E-state index in [4.69, 9.17) is 0 Å². The van der Waals surface area contributed by atoms with Crippen LogP contribution in [-0.2, 0) is 11.2 Å². The lowest BCUT2D eigenvalue weighted by Gasteiger charge is -2.34. The molecule has 1 aliphatic heterocycles. The molecule has 0 bridgehead atoms. The van der Waals surface area contributed by atoms with Gasteiger partial charge in [0.2, 0.25) is 5.91 Å². The lowest BCUT2D eigenvalue weighted by Crippen LogP contribution is -2.53. The molecule has 144 valence electrons. The van der Waals surface area contributed by atoms with E-state index in [0.29, 0.717) is 39.1 Å². The Hall–Kier alpha value is -2.83. The summed E-state index contributed by atoms with van der Waals surface area (Å²) in [5.41, 5.74) is 3.85. The van der Waals surface area contributed by atoms with Gasteiger partial charge in [0.05, 0.1) is 17.8 Å². The van der Waals surface area contributed by atoms with Gasteiger partial charge in [0.15, 0.2) is 0 Å². The molecule has 7 nitrogen and oxygen atoms in total. The van der Waals surface area contributed by atoms with E-state index < -0.39 is 0 Å².